The highest BCUT2D eigenvalue weighted by Gasteiger charge is 2.16. The molecule has 6 heteroatoms. The van der Waals surface area contributed by atoms with E-state index in [1.54, 1.807) is 0 Å². The van der Waals surface area contributed by atoms with Crippen molar-refractivity contribution in [2.75, 3.05) is 18.8 Å². The van der Waals surface area contributed by atoms with Gasteiger partial charge in [-0.15, -0.1) is 0 Å². The second-order valence-corrected chi connectivity index (χ2v) is 9.95. The van der Waals surface area contributed by atoms with Crippen LogP contribution in [0.3, 0.4) is 0 Å². The van der Waals surface area contributed by atoms with Gasteiger partial charge in [0, 0.05) is 19.5 Å². The van der Waals surface area contributed by atoms with Gasteiger partial charge >= 0.3 is 0 Å². The molecule has 0 aliphatic carbocycles. The van der Waals surface area contributed by atoms with Crippen molar-refractivity contribution in [3.05, 3.63) is 35.9 Å². The summed E-state index contributed by atoms with van der Waals surface area (Å²) < 4.78 is 27.2. The summed E-state index contributed by atoms with van der Waals surface area (Å²) in [6.45, 7) is 9.04. The molecule has 0 aromatic heterocycles. The monoisotopic (exact) mass is 396 g/mol. The normalized spacial score (nSPS) is 14.1. The molecule has 1 aromatic rings. The van der Waals surface area contributed by atoms with E-state index in [0.29, 0.717) is 37.8 Å². The van der Waals surface area contributed by atoms with Gasteiger partial charge in [-0.3, -0.25) is 4.79 Å². The predicted octanol–water partition coefficient (Wildman–Crippen LogP) is 3.36. The zero-order valence-electron chi connectivity index (χ0n) is 17.2. The van der Waals surface area contributed by atoms with Crippen molar-refractivity contribution in [2.24, 2.45) is 17.8 Å². The second kappa shape index (κ2) is 12.1. The van der Waals surface area contributed by atoms with Crippen molar-refractivity contribution in [3.63, 3.8) is 0 Å². The zero-order valence-corrected chi connectivity index (χ0v) is 18.0. The van der Waals surface area contributed by atoms with Crippen LogP contribution in [0.2, 0.25) is 0 Å². The van der Waals surface area contributed by atoms with E-state index in [1.807, 2.05) is 39.0 Å². The van der Waals surface area contributed by atoms with Crippen LogP contribution in [-0.4, -0.2) is 33.2 Å². The Balaban J connectivity index is 2.23. The summed E-state index contributed by atoms with van der Waals surface area (Å²) in [6, 6.07) is 10.2. The molecule has 27 heavy (non-hydrogen) atoms. The molecule has 0 saturated heterocycles. The van der Waals surface area contributed by atoms with Gasteiger partial charge in [-0.1, -0.05) is 58.0 Å². The number of hydrogen-bond donors (Lipinski definition) is 2. The fourth-order valence-corrected chi connectivity index (χ4v) is 4.46. The van der Waals surface area contributed by atoms with E-state index < -0.39 is 10.0 Å². The van der Waals surface area contributed by atoms with E-state index in [2.05, 4.69) is 29.1 Å². The average Bonchev–Trinajstić information content (AvgIpc) is 2.54. The van der Waals surface area contributed by atoms with Gasteiger partial charge in [0.25, 0.3) is 0 Å². The highest BCUT2D eigenvalue weighted by atomic mass is 32.2. The number of nitrogens with one attached hydrogen (secondary N) is 2. The molecule has 0 aliphatic heterocycles. The molecule has 0 heterocycles. The molecule has 0 bridgehead atoms. The lowest BCUT2D eigenvalue weighted by molar-refractivity contribution is -0.121. The summed E-state index contributed by atoms with van der Waals surface area (Å²) >= 11 is 0. The molecular formula is C21H36N2O3S. The highest BCUT2D eigenvalue weighted by molar-refractivity contribution is 7.89. The quantitative estimate of drug-likeness (QED) is 0.537. The summed E-state index contributed by atoms with van der Waals surface area (Å²) in [5, 5.41) is 2.86. The van der Waals surface area contributed by atoms with Crippen LogP contribution in [0, 0.1) is 17.8 Å². The number of sulfonamides is 1. The molecule has 0 saturated carbocycles. The Morgan fingerprint density at radius 3 is 2.22 bits per heavy atom. The summed E-state index contributed by atoms with van der Waals surface area (Å²) in [5.74, 6) is 0.884. The third-order valence-electron chi connectivity index (χ3n) is 4.44. The van der Waals surface area contributed by atoms with Crippen LogP contribution >= 0.6 is 0 Å². The summed E-state index contributed by atoms with van der Waals surface area (Å²) in [5.41, 5.74) is 1.28. The van der Waals surface area contributed by atoms with Crippen LogP contribution in [0.25, 0.3) is 0 Å². The molecule has 0 fully saturated rings. The van der Waals surface area contributed by atoms with E-state index in [1.165, 1.54) is 5.56 Å². The maximum absolute atomic E-state index is 12.2. The maximum Gasteiger partial charge on any atom is 0.220 e. The average molecular weight is 397 g/mol. The van der Waals surface area contributed by atoms with Gasteiger partial charge in [0.15, 0.2) is 0 Å². The molecule has 0 aliphatic rings. The molecule has 5 nitrogen and oxygen atoms in total. The van der Waals surface area contributed by atoms with Crippen molar-refractivity contribution < 1.29 is 13.2 Å². The van der Waals surface area contributed by atoms with Crippen molar-refractivity contribution >= 4 is 15.9 Å². The third-order valence-corrected chi connectivity index (χ3v) is 6.09. The van der Waals surface area contributed by atoms with Crippen molar-refractivity contribution in [2.45, 2.75) is 53.4 Å². The molecule has 2 unspecified atom stereocenters. The van der Waals surface area contributed by atoms with Gasteiger partial charge in [-0.05, 0) is 42.6 Å². The van der Waals surface area contributed by atoms with Gasteiger partial charge in [0.05, 0.1) is 5.75 Å². The number of hydrogen-bond acceptors (Lipinski definition) is 3. The number of carbonyl (C=O) groups excluding carboxylic acids is 1. The van der Waals surface area contributed by atoms with Crippen molar-refractivity contribution in [3.8, 4) is 0 Å². The van der Waals surface area contributed by atoms with Crippen LogP contribution in [0.15, 0.2) is 30.3 Å². The molecule has 1 amide bonds. The van der Waals surface area contributed by atoms with Gasteiger partial charge in [0.1, 0.15) is 0 Å². The first kappa shape index (κ1) is 23.6. The van der Waals surface area contributed by atoms with Crippen molar-refractivity contribution in [1.82, 2.24) is 10.0 Å². The molecule has 0 spiro atoms. The molecule has 0 radical (unpaired) electrons. The first-order chi connectivity index (χ1) is 12.7. The van der Waals surface area contributed by atoms with Crippen LogP contribution in [0.4, 0.5) is 0 Å². The van der Waals surface area contributed by atoms with Crippen LogP contribution < -0.4 is 10.0 Å². The molecule has 2 atom stereocenters. The second-order valence-electron chi connectivity index (χ2n) is 8.10. The van der Waals surface area contributed by atoms with E-state index in [0.717, 1.165) is 12.8 Å². The molecular weight excluding hydrogens is 360 g/mol. The number of carbonyl (C=O) groups is 1. The number of benzene rings is 1. The third kappa shape index (κ3) is 11.8. The lowest BCUT2D eigenvalue weighted by Gasteiger charge is -2.15. The maximum atomic E-state index is 12.2. The van der Waals surface area contributed by atoms with E-state index >= 15 is 0 Å². The minimum Gasteiger partial charge on any atom is -0.356 e. The molecule has 1 rings (SSSR count). The topological polar surface area (TPSA) is 75.3 Å². The van der Waals surface area contributed by atoms with Gasteiger partial charge in [0.2, 0.25) is 15.9 Å². The Morgan fingerprint density at radius 2 is 1.59 bits per heavy atom. The van der Waals surface area contributed by atoms with E-state index in [-0.39, 0.29) is 17.6 Å². The zero-order chi connectivity index (χ0) is 20.3. The Labute approximate surface area is 165 Å². The SMILES string of the molecule is CC(C)CC(=O)NCCC(C)CS(=O)(=O)NCCC(C)Cc1ccccc1. The smallest absolute Gasteiger partial charge is 0.220 e. The minimum atomic E-state index is -3.28. The van der Waals surface area contributed by atoms with Crippen LogP contribution in [0.1, 0.15) is 52.5 Å². The lowest BCUT2D eigenvalue weighted by Crippen LogP contribution is -2.32. The lowest BCUT2D eigenvalue weighted by atomic mass is 9.98. The summed E-state index contributed by atoms with van der Waals surface area (Å²) in [6.07, 6.45) is 2.94. The Hall–Kier alpha value is -1.40. The first-order valence-electron chi connectivity index (χ1n) is 9.96. The van der Waals surface area contributed by atoms with E-state index in [4.69, 9.17) is 0 Å². The van der Waals surface area contributed by atoms with Gasteiger partial charge in [-0.2, -0.15) is 0 Å². The summed E-state index contributed by atoms with van der Waals surface area (Å²) in [7, 11) is -3.28. The minimum absolute atomic E-state index is 0.00333. The highest BCUT2D eigenvalue weighted by Crippen LogP contribution is 2.11. The summed E-state index contributed by atoms with van der Waals surface area (Å²) in [4.78, 5) is 11.6. The Bertz CT molecular complexity index is 645. The van der Waals surface area contributed by atoms with Crippen LogP contribution in [0.5, 0.6) is 0 Å². The van der Waals surface area contributed by atoms with E-state index in [9.17, 15) is 13.2 Å². The Kier molecular flexibility index (Phi) is 10.6. The number of rotatable bonds is 13. The first-order valence-corrected chi connectivity index (χ1v) is 11.6. The predicted molar refractivity (Wildman–Crippen MR) is 112 cm³/mol. The Morgan fingerprint density at radius 1 is 0.963 bits per heavy atom. The number of amides is 1. The fraction of sp³-hybridized carbons (Fsp3) is 0.667. The standard InChI is InChI=1S/C21H36N2O3S/c1-17(2)14-21(24)22-12-10-19(4)16-27(25,26)23-13-11-18(3)15-20-8-6-5-7-9-20/h5-9,17-19,23H,10-16H2,1-4H3,(H,22,24). The van der Waals surface area contributed by atoms with Crippen LogP contribution in [-0.2, 0) is 21.2 Å². The van der Waals surface area contributed by atoms with Crippen molar-refractivity contribution in [1.29, 1.82) is 0 Å². The van der Waals surface area contributed by atoms with Gasteiger partial charge < -0.3 is 5.32 Å². The molecule has 2 N–H and O–H groups in total. The fourth-order valence-electron chi connectivity index (χ4n) is 3.00. The van der Waals surface area contributed by atoms with Gasteiger partial charge in [-0.25, -0.2) is 13.1 Å². The molecule has 154 valence electrons. The molecule has 1 aromatic carbocycles. The largest absolute Gasteiger partial charge is 0.356 e.